The van der Waals surface area contributed by atoms with Crippen LogP contribution in [0.3, 0.4) is 0 Å². The average Bonchev–Trinajstić information content (AvgIpc) is 3.05. The average molecular weight is 324 g/mol. The summed E-state index contributed by atoms with van der Waals surface area (Å²) in [5, 5.41) is 0.960. The molecule has 0 bridgehead atoms. The SMILES string of the molecule is O=S(=O)(NCc1ccccc1)NCc1cn2c(n1)SCC2. The van der Waals surface area contributed by atoms with Crippen LogP contribution in [0.4, 0.5) is 0 Å². The van der Waals surface area contributed by atoms with E-state index >= 15 is 0 Å². The fourth-order valence-electron chi connectivity index (χ4n) is 2.04. The maximum Gasteiger partial charge on any atom is 0.277 e. The smallest absolute Gasteiger partial charge is 0.277 e. The molecule has 1 aliphatic heterocycles. The Labute approximate surface area is 128 Å². The molecule has 0 atom stereocenters. The Bertz CT molecular complexity index is 692. The van der Waals surface area contributed by atoms with Crippen molar-refractivity contribution >= 4 is 22.0 Å². The van der Waals surface area contributed by atoms with Crippen LogP contribution in [0.25, 0.3) is 0 Å². The van der Waals surface area contributed by atoms with Gasteiger partial charge in [-0.3, -0.25) is 0 Å². The lowest BCUT2D eigenvalue weighted by Gasteiger charge is -2.07. The zero-order chi connectivity index (χ0) is 14.7. The molecule has 6 nitrogen and oxygen atoms in total. The topological polar surface area (TPSA) is 76.0 Å². The van der Waals surface area contributed by atoms with Gasteiger partial charge in [-0.1, -0.05) is 42.1 Å². The van der Waals surface area contributed by atoms with Gasteiger partial charge in [0.1, 0.15) is 0 Å². The zero-order valence-electron chi connectivity index (χ0n) is 11.3. The van der Waals surface area contributed by atoms with Crippen LogP contribution in [-0.4, -0.2) is 23.7 Å². The van der Waals surface area contributed by atoms with E-state index in [0.29, 0.717) is 0 Å². The molecule has 2 heterocycles. The van der Waals surface area contributed by atoms with Gasteiger partial charge in [-0.25, -0.2) is 4.98 Å². The number of nitrogens with one attached hydrogen (secondary N) is 2. The van der Waals surface area contributed by atoms with Crippen LogP contribution in [0.15, 0.2) is 41.7 Å². The molecule has 3 rings (SSSR count). The fraction of sp³-hybridized carbons (Fsp3) is 0.308. The van der Waals surface area contributed by atoms with E-state index in [4.69, 9.17) is 0 Å². The first-order chi connectivity index (χ1) is 10.1. The third-order valence-electron chi connectivity index (χ3n) is 3.11. The maximum atomic E-state index is 11.9. The van der Waals surface area contributed by atoms with Crippen molar-refractivity contribution in [1.82, 2.24) is 19.0 Å². The summed E-state index contributed by atoms with van der Waals surface area (Å²) in [4.78, 5) is 4.38. The first-order valence-electron chi connectivity index (χ1n) is 6.59. The summed E-state index contributed by atoms with van der Waals surface area (Å²) in [6, 6.07) is 9.40. The number of hydrogen-bond acceptors (Lipinski definition) is 4. The number of hydrogen-bond donors (Lipinski definition) is 2. The number of benzene rings is 1. The molecule has 0 spiro atoms. The van der Waals surface area contributed by atoms with Gasteiger partial charge in [0, 0.05) is 25.0 Å². The molecule has 0 amide bonds. The summed E-state index contributed by atoms with van der Waals surface area (Å²) in [7, 11) is -3.53. The molecule has 2 N–H and O–H groups in total. The Kier molecular flexibility index (Phi) is 4.29. The van der Waals surface area contributed by atoms with E-state index in [1.807, 2.05) is 41.1 Å². The Morgan fingerprint density at radius 3 is 2.71 bits per heavy atom. The fourth-order valence-corrected chi connectivity index (χ4v) is 3.80. The summed E-state index contributed by atoms with van der Waals surface area (Å²) in [6.45, 7) is 1.41. The largest absolute Gasteiger partial charge is 0.325 e. The molecule has 0 aliphatic carbocycles. The predicted octanol–water partition coefficient (Wildman–Crippen LogP) is 1.11. The molecule has 0 radical (unpaired) electrons. The summed E-state index contributed by atoms with van der Waals surface area (Å²) in [5.74, 6) is 1.03. The lowest BCUT2D eigenvalue weighted by molar-refractivity contribution is 0.565. The summed E-state index contributed by atoms with van der Waals surface area (Å²) >= 11 is 1.69. The minimum Gasteiger partial charge on any atom is -0.325 e. The Hall–Kier alpha value is -1.35. The normalized spacial score (nSPS) is 14.3. The molecule has 21 heavy (non-hydrogen) atoms. The quantitative estimate of drug-likeness (QED) is 0.835. The first-order valence-corrected chi connectivity index (χ1v) is 9.06. The van der Waals surface area contributed by atoms with E-state index in [0.717, 1.165) is 28.7 Å². The van der Waals surface area contributed by atoms with E-state index in [2.05, 4.69) is 14.4 Å². The van der Waals surface area contributed by atoms with Crippen LogP contribution in [0.2, 0.25) is 0 Å². The molecule has 1 aromatic carbocycles. The number of nitrogens with zero attached hydrogens (tertiary/aromatic N) is 2. The number of thioether (sulfide) groups is 1. The second-order valence-electron chi connectivity index (χ2n) is 4.69. The number of aryl methyl sites for hydroxylation is 1. The van der Waals surface area contributed by atoms with E-state index in [9.17, 15) is 8.42 Å². The molecule has 0 saturated carbocycles. The van der Waals surface area contributed by atoms with Crippen LogP contribution in [0.1, 0.15) is 11.3 Å². The highest BCUT2D eigenvalue weighted by atomic mass is 32.2. The molecule has 2 aromatic rings. The third kappa shape index (κ3) is 3.85. The second-order valence-corrected chi connectivity index (χ2v) is 7.33. The Morgan fingerprint density at radius 2 is 1.95 bits per heavy atom. The molecule has 8 heteroatoms. The highest BCUT2D eigenvalue weighted by Gasteiger charge is 2.16. The van der Waals surface area contributed by atoms with Crippen LogP contribution in [-0.2, 0) is 29.8 Å². The standard InChI is InChI=1S/C13H16N4O2S2/c18-21(19,14-8-11-4-2-1-3-5-11)15-9-12-10-17-6-7-20-13(17)16-12/h1-5,10,14-15H,6-9H2. The summed E-state index contributed by atoms with van der Waals surface area (Å²) in [5.41, 5.74) is 1.66. The molecular weight excluding hydrogens is 308 g/mol. The van der Waals surface area contributed by atoms with E-state index in [-0.39, 0.29) is 13.1 Å². The molecule has 0 unspecified atom stereocenters. The van der Waals surface area contributed by atoms with Crippen molar-refractivity contribution in [1.29, 1.82) is 0 Å². The van der Waals surface area contributed by atoms with Crippen molar-refractivity contribution in [2.24, 2.45) is 0 Å². The maximum absolute atomic E-state index is 11.9. The van der Waals surface area contributed by atoms with Gasteiger partial charge in [-0.05, 0) is 5.56 Å². The number of fused-ring (bicyclic) bond motifs is 1. The van der Waals surface area contributed by atoms with Gasteiger partial charge in [0.2, 0.25) is 0 Å². The van der Waals surface area contributed by atoms with Gasteiger partial charge in [-0.15, -0.1) is 0 Å². The summed E-state index contributed by atoms with van der Waals surface area (Å²) < 4.78 is 30.9. The summed E-state index contributed by atoms with van der Waals surface area (Å²) in [6.07, 6.45) is 1.90. The minimum absolute atomic E-state index is 0.199. The molecule has 1 aromatic heterocycles. The van der Waals surface area contributed by atoms with Gasteiger partial charge in [-0.2, -0.15) is 17.9 Å². The molecule has 1 aliphatic rings. The Balaban J connectivity index is 1.53. The highest BCUT2D eigenvalue weighted by Crippen LogP contribution is 2.24. The van der Waals surface area contributed by atoms with Crippen molar-refractivity contribution in [3.63, 3.8) is 0 Å². The van der Waals surface area contributed by atoms with E-state index < -0.39 is 10.2 Å². The number of rotatable bonds is 6. The van der Waals surface area contributed by atoms with E-state index in [1.54, 1.807) is 11.8 Å². The Morgan fingerprint density at radius 1 is 1.19 bits per heavy atom. The van der Waals surface area contributed by atoms with Crippen molar-refractivity contribution in [3.8, 4) is 0 Å². The van der Waals surface area contributed by atoms with Crippen LogP contribution >= 0.6 is 11.8 Å². The molecule has 112 valence electrons. The molecule has 0 saturated heterocycles. The lowest BCUT2D eigenvalue weighted by atomic mass is 10.2. The van der Waals surface area contributed by atoms with Crippen LogP contribution in [0, 0.1) is 0 Å². The van der Waals surface area contributed by atoms with Crippen molar-refractivity contribution in [2.75, 3.05) is 5.75 Å². The predicted molar refractivity (Wildman–Crippen MR) is 82.0 cm³/mol. The van der Waals surface area contributed by atoms with E-state index in [1.165, 1.54) is 0 Å². The number of imidazole rings is 1. The van der Waals surface area contributed by atoms with Crippen molar-refractivity contribution < 1.29 is 8.42 Å². The van der Waals surface area contributed by atoms with Gasteiger partial charge >= 0.3 is 0 Å². The van der Waals surface area contributed by atoms with Crippen LogP contribution < -0.4 is 9.44 Å². The lowest BCUT2D eigenvalue weighted by Crippen LogP contribution is -2.35. The number of aromatic nitrogens is 2. The van der Waals surface area contributed by atoms with Gasteiger partial charge in [0.25, 0.3) is 10.2 Å². The molecule has 0 fully saturated rings. The van der Waals surface area contributed by atoms with Crippen LogP contribution in [0.5, 0.6) is 0 Å². The van der Waals surface area contributed by atoms with Crippen molar-refractivity contribution in [3.05, 3.63) is 47.8 Å². The first kappa shape index (κ1) is 14.6. The van der Waals surface area contributed by atoms with Crippen molar-refractivity contribution in [2.45, 2.75) is 24.8 Å². The highest BCUT2D eigenvalue weighted by molar-refractivity contribution is 7.99. The third-order valence-corrected chi connectivity index (χ3v) is 5.13. The van der Waals surface area contributed by atoms with Gasteiger partial charge < -0.3 is 4.57 Å². The second kappa shape index (κ2) is 6.18. The monoisotopic (exact) mass is 324 g/mol. The molecular formula is C13H16N4O2S2. The van der Waals surface area contributed by atoms with Gasteiger partial charge in [0.15, 0.2) is 5.16 Å². The zero-order valence-corrected chi connectivity index (χ0v) is 13.0. The van der Waals surface area contributed by atoms with Gasteiger partial charge in [0.05, 0.1) is 12.2 Å². The minimum atomic E-state index is -3.53.